The molecule has 1 N–H and O–H groups in total. The molecule has 1 fully saturated rings. The maximum Gasteiger partial charge on any atom is 0.0743 e. The van der Waals surface area contributed by atoms with Crippen molar-refractivity contribution in [3.8, 4) is 0 Å². The van der Waals surface area contributed by atoms with E-state index < -0.39 is 0 Å². The molecule has 1 aliphatic heterocycles. The molecule has 0 spiro atoms. The number of ether oxygens (including phenoxy) is 1. The second kappa shape index (κ2) is 5.48. The monoisotopic (exact) mass is 228 g/mol. The molecule has 0 aromatic carbocycles. The predicted octanol–water partition coefficient (Wildman–Crippen LogP) is 1.73. The number of methoxy groups -OCH3 is 1. The van der Waals surface area contributed by atoms with Crippen LogP contribution in [0.2, 0.25) is 0 Å². The molecular weight excluding hydrogens is 200 g/mol. The minimum atomic E-state index is 0.206. The zero-order chi connectivity index (χ0) is 12.3. The van der Waals surface area contributed by atoms with Gasteiger partial charge < -0.3 is 15.0 Å². The SMILES string of the molecule is COC(CNC1CC(C)N(C)C1)C(C)(C)C. The van der Waals surface area contributed by atoms with E-state index in [0.717, 1.165) is 13.1 Å². The first kappa shape index (κ1) is 13.9. The van der Waals surface area contributed by atoms with Crippen LogP contribution in [0.3, 0.4) is 0 Å². The Morgan fingerprint density at radius 2 is 2.06 bits per heavy atom. The van der Waals surface area contributed by atoms with Gasteiger partial charge in [-0.3, -0.25) is 0 Å². The van der Waals surface area contributed by atoms with Crippen LogP contribution in [0.4, 0.5) is 0 Å². The summed E-state index contributed by atoms with van der Waals surface area (Å²) in [5, 5.41) is 3.63. The van der Waals surface area contributed by atoms with Gasteiger partial charge in [0.15, 0.2) is 0 Å². The number of nitrogens with one attached hydrogen (secondary N) is 1. The molecule has 96 valence electrons. The van der Waals surface area contributed by atoms with Crippen molar-refractivity contribution in [3.63, 3.8) is 0 Å². The van der Waals surface area contributed by atoms with E-state index in [2.05, 4.69) is 45.0 Å². The minimum Gasteiger partial charge on any atom is -0.380 e. The first-order chi connectivity index (χ1) is 7.34. The Morgan fingerprint density at radius 1 is 1.44 bits per heavy atom. The molecular formula is C13H28N2O. The Labute approximate surface area is 101 Å². The Balaban J connectivity index is 2.34. The lowest BCUT2D eigenvalue weighted by Gasteiger charge is -2.30. The highest BCUT2D eigenvalue weighted by molar-refractivity contribution is 4.87. The average Bonchev–Trinajstić information content (AvgIpc) is 2.45. The topological polar surface area (TPSA) is 24.5 Å². The normalized spacial score (nSPS) is 29.6. The van der Waals surface area contributed by atoms with Gasteiger partial charge in [-0.15, -0.1) is 0 Å². The summed E-state index contributed by atoms with van der Waals surface area (Å²) in [5.74, 6) is 0. The van der Waals surface area contributed by atoms with Crippen LogP contribution in [0.5, 0.6) is 0 Å². The van der Waals surface area contributed by atoms with Gasteiger partial charge in [0, 0.05) is 32.3 Å². The summed E-state index contributed by atoms with van der Waals surface area (Å²) in [4.78, 5) is 2.41. The Hall–Kier alpha value is -0.120. The largest absolute Gasteiger partial charge is 0.380 e. The van der Waals surface area contributed by atoms with E-state index in [1.807, 2.05) is 0 Å². The molecule has 0 aliphatic carbocycles. The zero-order valence-electron chi connectivity index (χ0n) is 11.7. The second-order valence-corrected chi connectivity index (χ2v) is 6.22. The fourth-order valence-corrected chi connectivity index (χ4v) is 2.36. The van der Waals surface area contributed by atoms with Crippen molar-refractivity contribution < 1.29 is 4.74 Å². The van der Waals surface area contributed by atoms with Crippen molar-refractivity contribution in [1.29, 1.82) is 0 Å². The van der Waals surface area contributed by atoms with Gasteiger partial charge >= 0.3 is 0 Å². The molecule has 0 saturated carbocycles. The van der Waals surface area contributed by atoms with Gasteiger partial charge in [0.1, 0.15) is 0 Å². The van der Waals surface area contributed by atoms with Crippen LogP contribution in [0.15, 0.2) is 0 Å². The number of rotatable bonds is 4. The molecule has 16 heavy (non-hydrogen) atoms. The standard InChI is InChI=1S/C13H28N2O/c1-10-7-11(9-15(10)5)14-8-12(16-6)13(2,3)4/h10-12,14H,7-9H2,1-6H3. The van der Waals surface area contributed by atoms with Gasteiger partial charge in [-0.1, -0.05) is 20.8 Å². The Morgan fingerprint density at radius 3 is 2.44 bits per heavy atom. The maximum atomic E-state index is 5.55. The third-order valence-electron chi connectivity index (χ3n) is 3.73. The van der Waals surface area contributed by atoms with Gasteiger partial charge in [-0.05, 0) is 25.8 Å². The number of likely N-dealkylation sites (N-methyl/N-ethyl adjacent to an activating group) is 1. The van der Waals surface area contributed by atoms with Crippen LogP contribution in [-0.2, 0) is 4.74 Å². The molecule has 3 atom stereocenters. The molecule has 0 aromatic heterocycles. The fraction of sp³-hybridized carbons (Fsp3) is 1.00. The summed E-state index contributed by atoms with van der Waals surface area (Å²) < 4.78 is 5.55. The highest BCUT2D eigenvalue weighted by atomic mass is 16.5. The molecule has 0 bridgehead atoms. The Bertz CT molecular complexity index is 202. The summed E-state index contributed by atoms with van der Waals surface area (Å²) in [5.41, 5.74) is 0.206. The molecule has 1 aliphatic rings. The molecule has 1 saturated heterocycles. The summed E-state index contributed by atoms with van der Waals surface area (Å²) >= 11 is 0. The van der Waals surface area contributed by atoms with Crippen LogP contribution >= 0.6 is 0 Å². The molecule has 1 heterocycles. The predicted molar refractivity (Wildman–Crippen MR) is 68.8 cm³/mol. The highest BCUT2D eigenvalue weighted by Crippen LogP contribution is 2.22. The molecule has 3 nitrogen and oxygen atoms in total. The second-order valence-electron chi connectivity index (χ2n) is 6.22. The third kappa shape index (κ3) is 3.72. The summed E-state index contributed by atoms with van der Waals surface area (Å²) in [7, 11) is 4.00. The lowest BCUT2D eigenvalue weighted by atomic mass is 9.89. The van der Waals surface area contributed by atoms with Crippen LogP contribution in [0, 0.1) is 5.41 Å². The zero-order valence-corrected chi connectivity index (χ0v) is 11.7. The van der Waals surface area contributed by atoms with Crippen LogP contribution in [0.1, 0.15) is 34.1 Å². The van der Waals surface area contributed by atoms with E-state index in [-0.39, 0.29) is 11.5 Å². The smallest absolute Gasteiger partial charge is 0.0743 e. The maximum absolute atomic E-state index is 5.55. The van der Waals surface area contributed by atoms with Crippen LogP contribution in [0.25, 0.3) is 0 Å². The lowest BCUT2D eigenvalue weighted by Crippen LogP contribution is -2.43. The highest BCUT2D eigenvalue weighted by Gasteiger charge is 2.29. The van der Waals surface area contributed by atoms with Crippen molar-refractivity contribution in [2.75, 3.05) is 27.2 Å². The molecule has 0 amide bonds. The van der Waals surface area contributed by atoms with Gasteiger partial charge in [-0.25, -0.2) is 0 Å². The van der Waals surface area contributed by atoms with E-state index >= 15 is 0 Å². The third-order valence-corrected chi connectivity index (χ3v) is 3.73. The van der Waals surface area contributed by atoms with E-state index in [1.165, 1.54) is 6.42 Å². The molecule has 0 radical (unpaired) electrons. The van der Waals surface area contributed by atoms with Crippen molar-refractivity contribution in [3.05, 3.63) is 0 Å². The molecule has 3 heteroatoms. The van der Waals surface area contributed by atoms with Crippen molar-refractivity contribution in [2.45, 2.75) is 52.3 Å². The van der Waals surface area contributed by atoms with E-state index in [9.17, 15) is 0 Å². The Kier molecular flexibility index (Phi) is 4.77. The minimum absolute atomic E-state index is 0.206. The number of hydrogen-bond acceptors (Lipinski definition) is 3. The van der Waals surface area contributed by atoms with E-state index in [1.54, 1.807) is 7.11 Å². The van der Waals surface area contributed by atoms with Gasteiger partial charge in [-0.2, -0.15) is 0 Å². The first-order valence-corrected chi connectivity index (χ1v) is 6.31. The van der Waals surface area contributed by atoms with Crippen molar-refractivity contribution in [2.24, 2.45) is 5.41 Å². The quantitative estimate of drug-likeness (QED) is 0.793. The summed E-state index contributed by atoms with van der Waals surface area (Å²) in [6, 6.07) is 1.33. The van der Waals surface area contributed by atoms with Crippen LogP contribution < -0.4 is 5.32 Å². The first-order valence-electron chi connectivity index (χ1n) is 6.31. The molecule has 3 unspecified atom stereocenters. The number of hydrogen-bond donors (Lipinski definition) is 1. The lowest BCUT2D eigenvalue weighted by molar-refractivity contribution is 0.0159. The van der Waals surface area contributed by atoms with E-state index in [0.29, 0.717) is 12.1 Å². The number of nitrogens with zero attached hydrogens (tertiary/aromatic N) is 1. The number of likely N-dealkylation sites (tertiary alicyclic amines) is 1. The molecule has 0 aromatic rings. The van der Waals surface area contributed by atoms with Gasteiger partial charge in [0.2, 0.25) is 0 Å². The fourth-order valence-electron chi connectivity index (χ4n) is 2.36. The van der Waals surface area contributed by atoms with Gasteiger partial charge in [0.05, 0.1) is 6.10 Å². The average molecular weight is 228 g/mol. The van der Waals surface area contributed by atoms with E-state index in [4.69, 9.17) is 4.74 Å². The van der Waals surface area contributed by atoms with Crippen LogP contribution in [-0.4, -0.2) is 50.3 Å². The molecule has 1 rings (SSSR count). The van der Waals surface area contributed by atoms with Crippen molar-refractivity contribution >= 4 is 0 Å². The summed E-state index contributed by atoms with van der Waals surface area (Å²) in [6.45, 7) is 11.1. The summed E-state index contributed by atoms with van der Waals surface area (Å²) in [6.07, 6.45) is 1.53. The van der Waals surface area contributed by atoms with Crippen molar-refractivity contribution in [1.82, 2.24) is 10.2 Å². The van der Waals surface area contributed by atoms with Gasteiger partial charge in [0.25, 0.3) is 0 Å².